The number of ketones is 1. The van der Waals surface area contributed by atoms with Crippen molar-refractivity contribution in [3.05, 3.63) is 59.7 Å². The summed E-state index contributed by atoms with van der Waals surface area (Å²) in [6, 6.07) is 14.2. The summed E-state index contributed by atoms with van der Waals surface area (Å²) in [4.78, 5) is 39.0. The van der Waals surface area contributed by atoms with Gasteiger partial charge >= 0.3 is 5.97 Å². The number of nitrogens with zero attached hydrogens (tertiary/aromatic N) is 1. The van der Waals surface area contributed by atoms with Crippen LogP contribution in [-0.2, 0) is 14.3 Å². The molecule has 1 aliphatic heterocycles. The van der Waals surface area contributed by atoms with Crippen molar-refractivity contribution >= 4 is 17.7 Å². The van der Waals surface area contributed by atoms with Crippen LogP contribution in [0.1, 0.15) is 35.3 Å². The number of amides is 1. The lowest BCUT2D eigenvalue weighted by Crippen LogP contribution is -2.30. The second-order valence-electron chi connectivity index (χ2n) is 7.13. The summed E-state index contributed by atoms with van der Waals surface area (Å²) in [6.07, 6.45) is 0.0839. The highest BCUT2D eigenvalue weighted by molar-refractivity contribution is 5.99. The van der Waals surface area contributed by atoms with Crippen LogP contribution in [0.15, 0.2) is 48.5 Å². The molecule has 0 aromatic heterocycles. The van der Waals surface area contributed by atoms with E-state index in [1.54, 1.807) is 17.0 Å². The highest BCUT2D eigenvalue weighted by Crippen LogP contribution is 2.30. The predicted octanol–water partition coefficient (Wildman–Crippen LogP) is 3.04. The maximum Gasteiger partial charge on any atom is 0.311 e. The van der Waals surface area contributed by atoms with Crippen molar-refractivity contribution in [3.8, 4) is 11.5 Å². The minimum absolute atomic E-state index is 0.0839. The Balaban J connectivity index is 1.58. The first-order valence-corrected chi connectivity index (χ1v) is 9.70. The maximum atomic E-state index is 12.5. The first-order chi connectivity index (χ1) is 14.4. The van der Waals surface area contributed by atoms with Crippen LogP contribution in [0.4, 0.5) is 0 Å². The SMILES string of the molecule is COc1ccc(C(=O)COC(=O)[C@@H]2CC(=O)N([C@@H](C)c3ccccc3)C2)cc1OC. The number of carbonyl (C=O) groups is 3. The molecule has 2 aromatic rings. The molecule has 1 heterocycles. The third-order valence-electron chi connectivity index (χ3n) is 5.29. The summed E-state index contributed by atoms with van der Waals surface area (Å²) >= 11 is 0. The van der Waals surface area contributed by atoms with Crippen LogP contribution in [0.25, 0.3) is 0 Å². The Hall–Kier alpha value is -3.35. The lowest BCUT2D eigenvalue weighted by Gasteiger charge is -2.25. The summed E-state index contributed by atoms with van der Waals surface area (Å²) in [6.45, 7) is 1.81. The van der Waals surface area contributed by atoms with Gasteiger partial charge in [0.2, 0.25) is 5.91 Å². The maximum absolute atomic E-state index is 12.5. The molecule has 0 saturated carbocycles. The van der Waals surface area contributed by atoms with Gasteiger partial charge in [0.1, 0.15) is 0 Å². The fourth-order valence-electron chi connectivity index (χ4n) is 3.52. The number of hydrogen-bond acceptors (Lipinski definition) is 6. The van der Waals surface area contributed by atoms with E-state index in [4.69, 9.17) is 14.2 Å². The van der Waals surface area contributed by atoms with Gasteiger partial charge in [-0.3, -0.25) is 14.4 Å². The molecule has 2 aromatic carbocycles. The van der Waals surface area contributed by atoms with Crippen molar-refractivity contribution < 1.29 is 28.6 Å². The van der Waals surface area contributed by atoms with Crippen molar-refractivity contribution in [2.45, 2.75) is 19.4 Å². The summed E-state index contributed by atoms with van der Waals surface area (Å²) in [5.74, 6) is -0.658. The van der Waals surface area contributed by atoms with Gasteiger partial charge < -0.3 is 19.1 Å². The van der Waals surface area contributed by atoms with Crippen molar-refractivity contribution in [1.29, 1.82) is 0 Å². The number of rotatable bonds is 8. The molecular weight excluding hydrogens is 386 g/mol. The van der Waals surface area contributed by atoms with E-state index in [0.717, 1.165) is 5.56 Å². The molecule has 7 nitrogen and oxygen atoms in total. The van der Waals surface area contributed by atoms with E-state index in [-0.39, 0.29) is 30.7 Å². The number of Topliss-reactive ketones (excluding diaryl/α,β-unsaturated/α-hetero) is 1. The Kier molecular flexibility index (Phi) is 6.72. The van der Waals surface area contributed by atoms with Crippen molar-refractivity contribution in [2.75, 3.05) is 27.4 Å². The van der Waals surface area contributed by atoms with Gasteiger partial charge in [-0.25, -0.2) is 0 Å². The Morgan fingerprint density at radius 2 is 1.77 bits per heavy atom. The van der Waals surface area contributed by atoms with E-state index in [0.29, 0.717) is 17.1 Å². The van der Waals surface area contributed by atoms with Crippen molar-refractivity contribution in [1.82, 2.24) is 4.90 Å². The molecule has 1 fully saturated rings. The molecule has 158 valence electrons. The average molecular weight is 411 g/mol. The van der Waals surface area contributed by atoms with Crippen LogP contribution >= 0.6 is 0 Å². The molecular formula is C23H25NO6. The highest BCUT2D eigenvalue weighted by atomic mass is 16.5. The summed E-state index contributed by atoms with van der Waals surface area (Å²) in [5, 5.41) is 0. The molecule has 7 heteroatoms. The minimum atomic E-state index is -0.582. The first kappa shape index (κ1) is 21.4. The number of carbonyl (C=O) groups excluding carboxylic acids is 3. The molecule has 0 aliphatic carbocycles. The zero-order valence-corrected chi connectivity index (χ0v) is 17.3. The van der Waals surface area contributed by atoms with Crippen LogP contribution in [-0.4, -0.2) is 49.9 Å². The number of benzene rings is 2. The monoisotopic (exact) mass is 411 g/mol. The molecule has 2 atom stereocenters. The number of ether oxygens (including phenoxy) is 3. The van der Waals surface area contributed by atoms with E-state index >= 15 is 0 Å². The van der Waals surface area contributed by atoms with E-state index in [9.17, 15) is 14.4 Å². The van der Waals surface area contributed by atoms with E-state index in [1.807, 2.05) is 37.3 Å². The molecule has 30 heavy (non-hydrogen) atoms. The third-order valence-corrected chi connectivity index (χ3v) is 5.29. The fourth-order valence-corrected chi connectivity index (χ4v) is 3.52. The van der Waals surface area contributed by atoms with Gasteiger partial charge in [0.05, 0.1) is 26.2 Å². The summed E-state index contributed by atoms with van der Waals surface area (Å²) < 4.78 is 15.6. The molecule has 3 rings (SSSR count). The number of methoxy groups -OCH3 is 2. The lowest BCUT2D eigenvalue weighted by atomic mass is 10.1. The second-order valence-corrected chi connectivity index (χ2v) is 7.13. The normalized spacial score (nSPS) is 16.8. The average Bonchev–Trinajstić information content (AvgIpc) is 3.18. The lowest BCUT2D eigenvalue weighted by molar-refractivity contribution is -0.147. The van der Waals surface area contributed by atoms with E-state index in [2.05, 4.69) is 0 Å². The Morgan fingerprint density at radius 1 is 1.07 bits per heavy atom. The zero-order valence-electron chi connectivity index (χ0n) is 17.3. The van der Waals surface area contributed by atoms with Crippen LogP contribution in [0.2, 0.25) is 0 Å². The quantitative estimate of drug-likeness (QED) is 0.491. The van der Waals surface area contributed by atoms with Gasteiger partial charge in [-0.1, -0.05) is 30.3 Å². The van der Waals surface area contributed by atoms with Crippen LogP contribution in [0, 0.1) is 5.92 Å². The van der Waals surface area contributed by atoms with E-state index in [1.165, 1.54) is 20.3 Å². The summed E-state index contributed by atoms with van der Waals surface area (Å²) in [7, 11) is 2.98. The van der Waals surface area contributed by atoms with Gasteiger partial charge in [0.15, 0.2) is 23.9 Å². The standard InChI is InChI=1S/C23H25NO6/c1-15(16-7-5-4-6-8-16)24-13-18(12-22(24)26)23(27)30-14-19(25)17-9-10-20(28-2)21(11-17)29-3/h4-11,15,18H,12-14H2,1-3H3/t15-,18+/m0/s1. The summed E-state index contributed by atoms with van der Waals surface area (Å²) in [5.41, 5.74) is 1.35. The highest BCUT2D eigenvalue weighted by Gasteiger charge is 2.38. The van der Waals surface area contributed by atoms with Gasteiger partial charge in [-0.2, -0.15) is 0 Å². The second kappa shape index (κ2) is 9.43. The minimum Gasteiger partial charge on any atom is -0.493 e. The Bertz CT molecular complexity index is 927. The van der Waals surface area contributed by atoms with Crippen LogP contribution in [0.3, 0.4) is 0 Å². The zero-order chi connectivity index (χ0) is 21.7. The number of hydrogen-bond donors (Lipinski definition) is 0. The van der Waals surface area contributed by atoms with Crippen molar-refractivity contribution in [3.63, 3.8) is 0 Å². The molecule has 1 amide bonds. The molecule has 0 radical (unpaired) electrons. The number of esters is 1. The van der Waals surface area contributed by atoms with Gasteiger partial charge in [-0.15, -0.1) is 0 Å². The molecule has 0 N–H and O–H groups in total. The van der Waals surface area contributed by atoms with E-state index < -0.39 is 18.5 Å². The first-order valence-electron chi connectivity index (χ1n) is 9.70. The fraction of sp³-hybridized carbons (Fsp3) is 0.348. The largest absolute Gasteiger partial charge is 0.493 e. The third kappa shape index (κ3) is 4.62. The molecule has 1 saturated heterocycles. The molecule has 0 bridgehead atoms. The van der Waals surface area contributed by atoms with Gasteiger partial charge in [0, 0.05) is 18.5 Å². The van der Waals surface area contributed by atoms with Crippen LogP contribution < -0.4 is 9.47 Å². The van der Waals surface area contributed by atoms with Gasteiger partial charge in [0.25, 0.3) is 0 Å². The number of likely N-dealkylation sites (tertiary alicyclic amines) is 1. The Labute approximate surface area is 175 Å². The molecule has 1 aliphatic rings. The molecule has 0 unspecified atom stereocenters. The topological polar surface area (TPSA) is 82.1 Å². The molecule has 0 spiro atoms. The van der Waals surface area contributed by atoms with Crippen LogP contribution in [0.5, 0.6) is 11.5 Å². The van der Waals surface area contributed by atoms with Gasteiger partial charge in [-0.05, 0) is 30.7 Å². The van der Waals surface area contributed by atoms with Crippen molar-refractivity contribution in [2.24, 2.45) is 5.92 Å². The smallest absolute Gasteiger partial charge is 0.311 e. The Morgan fingerprint density at radius 3 is 2.43 bits per heavy atom. The predicted molar refractivity (Wildman–Crippen MR) is 110 cm³/mol.